The first-order valence-electron chi connectivity index (χ1n) is 5.84. The SMILES string of the molecule is CCn1ncc(N2CCCNCC2)cc1=O. The van der Waals surface area contributed by atoms with E-state index in [0.717, 1.165) is 38.3 Å². The fourth-order valence-corrected chi connectivity index (χ4v) is 1.94. The Balaban J connectivity index is 2.19. The van der Waals surface area contributed by atoms with E-state index in [9.17, 15) is 4.79 Å². The molecule has 1 aromatic rings. The van der Waals surface area contributed by atoms with E-state index in [1.54, 1.807) is 12.3 Å². The second-order valence-corrected chi connectivity index (χ2v) is 3.96. The summed E-state index contributed by atoms with van der Waals surface area (Å²) in [7, 11) is 0. The molecule has 1 aromatic heterocycles. The molecule has 0 unspecified atom stereocenters. The van der Waals surface area contributed by atoms with Crippen molar-refractivity contribution in [2.24, 2.45) is 0 Å². The summed E-state index contributed by atoms with van der Waals surface area (Å²) in [5.74, 6) is 0. The van der Waals surface area contributed by atoms with E-state index in [-0.39, 0.29) is 5.56 Å². The number of nitrogens with zero attached hydrogens (tertiary/aromatic N) is 3. The van der Waals surface area contributed by atoms with Gasteiger partial charge in [-0.15, -0.1) is 0 Å². The number of hydrogen-bond acceptors (Lipinski definition) is 4. The molecule has 1 fully saturated rings. The minimum Gasteiger partial charge on any atom is -0.369 e. The maximum absolute atomic E-state index is 11.7. The van der Waals surface area contributed by atoms with E-state index in [4.69, 9.17) is 0 Å². The molecule has 0 spiro atoms. The van der Waals surface area contributed by atoms with Crippen LogP contribution in [0, 0.1) is 0 Å². The zero-order chi connectivity index (χ0) is 11.4. The Labute approximate surface area is 95.1 Å². The first-order valence-corrected chi connectivity index (χ1v) is 5.84. The van der Waals surface area contributed by atoms with Crippen molar-refractivity contribution in [1.29, 1.82) is 0 Å². The van der Waals surface area contributed by atoms with Crippen molar-refractivity contribution in [3.63, 3.8) is 0 Å². The molecule has 5 nitrogen and oxygen atoms in total. The van der Waals surface area contributed by atoms with Gasteiger partial charge in [0.05, 0.1) is 11.9 Å². The molecule has 88 valence electrons. The third-order valence-corrected chi connectivity index (χ3v) is 2.86. The van der Waals surface area contributed by atoms with Crippen molar-refractivity contribution in [2.45, 2.75) is 19.9 Å². The van der Waals surface area contributed by atoms with E-state index in [1.165, 1.54) is 4.68 Å². The van der Waals surface area contributed by atoms with Crippen LogP contribution in [0.15, 0.2) is 17.1 Å². The molecule has 2 heterocycles. The molecular formula is C11H18N4O. The summed E-state index contributed by atoms with van der Waals surface area (Å²) in [6.45, 7) is 6.50. The first kappa shape index (κ1) is 11.1. The number of hydrogen-bond donors (Lipinski definition) is 1. The fraction of sp³-hybridized carbons (Fsp3) is 0.636. The van der Waals surface area contributed by atoms with Gasteiger partial charge in [0.2, 0.25) is 0 Å². The number of aryl methyl sites for hydroxylation is 1. The second-order valence-electron chi connectivity index (χ2n) is 3.96. The van der Waals surface area contributed by atoms with Gasteiger partial charge in [-0.3, -0.25) is 4.79 Å². The quantitative estimate of drug-likeness (QED) is 0.769. The van der Waals surface area contributed by atoms with Gasteiger partial charge in [-0.05, 0) is 19.9 Å². The van der Waals surface area contributed by atoms with Crippen LogP contribution in [-0.4, -0.2) is 36.0 Å². The van der Waals surface area contributed by atoms with Crippen molar-refractivity contribution in [3.05, 3.63) is 22.6 Å². The standard InChI is InChI=1S/C11H18N4O/c1-2-15-11(16)8-10(9-13-15)14-6-3-4-12-5-7-14/h8-9,12H,2-7H2,1H3. The number of anilines is 1. The highest BCUT2D eigenvalue weighted by Gasteiger charge is 2.10. The van der Waals surface area contributed by atoms with Gasteiger partial charge in [0, 0.05) is 32.2 Å². The molecule has 0 aromatic carbocycles. The molecule has 5 heteroatoms. The summed E-state index contributed by atoms with van der Waals surface area (Å²) >= 11 is 0. The third kappa shape index (κ3) is 2.41. The van der Waals surface area contributed by atoms with E-state index >= 15 is 0 Å². The molecule has 16 heavy (non-hydrogen) atoms. The fourth-order valence-electron chi connectivity index (χ4n) is 1.94. The Bertz CT molecular complexity index is 393. The Morgan fingerprint density at radius 1 is 1.44 bits per heavy atom. The molecule has 0 amide bonds. The molecule has 0 saturated carbocycles. The summed E-state index contributed by atoms with van der Waals surface area (Å²) in [5.41, 5.74) is 0.926. The number of rotatable bonds is 2. The van der Waals surface area contributed by atoms with E-state index in [0.29, 0.717) is 6.54 Å². The van der Waals surface area contributed by atoms with Gasteiger partial charge in [-0.1, -0.05) is 0 Å². The summed E-state index contributed by atoms with van der Waals surface area (Å²) in [6, 6.07) is 1.68. The van der Waals surface area contributed by atoms with Crippen molar-refractivity contribution < 1.29 is 0 Å². The second kappa shape index (κ2) is 5.12. The van der Waals surface area contributed by atoms with Crippen LogP contribution in [0.3, 0.4) is 0 Å². The lowest BCUT2D eigenvalue weighted by Gasteiger charge is -2.21. The van der Waals surface area contributed by atoms with E-state index < -0.39 is 0 Å². The molecule has 1 aliphatic rings. The lowest BCUT2D eigenvalue weighted by molar-refractivity contribution is 0.613. The summed E-state index contributed by atoms with van der Waals surface area (Å²) in [6.07, 6.45) is 2.90. The van der Waals surface area contributed by atoms with Crippen LogP contribution >= 0.6 is 0 Å². The van der Waals surface area contributed by atoms with Crippen LogP contribution < -0.4 is 15.8 Å². The molecule has 0 aliphatic carbocycles. The van der Waals surface area contributed by atoms with Crippen LogP contribution in [0.5, 0.6) is 0 Å². The summed E-state index contributed by atoms with van der Waals surface area (Å²) < 4.78 is 1.47. The zero-order valence-electron chi connectivity index (χ0n) is 9.65. The maximum atomic E-state index is 11.7. The average Bonchev–Trinajstić information content (AvgIpc) is 2.57. The molecular weight excluding hydrogens is 204 g/mol. The predicted octanol–water partition coefficient (Wildman–Crippen LogP) is 0.0629. The van der Waals surface area contributed by atoms with Crippen LogP contribution in [0.4, 0.5) is 5.69 Å². The maximum Gasteiger partial charge on any atom is 0.268 e. The van der Waals surface area contributed by atoms with Crippen molar-refractivity contribution in [2.75, 3.05) is 31.1 Å². The van der Waals surface area contributed by atoms with Gasteiger partial charge in [0.15, 0.2) is 0 Å². The average molecular weight is 222 g/mol. The Morgan fingerprint density at radius 3 is 3.06 bits per heavy atom. The third-order valence-electron chi connectivity index (χ3n) is 2.86. The minimum atomic E-state index is -0.0165. The highest BCUT2D eigenvalue weighted by Crippen LogP contribution is 2.10. The lowest BCUT2D eigenvalue weighted by Crippen LogP contribution is -2.30. The molecule has 1 aliphatic heterocycles. The van der Waals surface area contributed by atoms with E-state index in [2.05, 4.69) is 15.3 Å². The monoisotopic (exact) mass is 222 g/mol. The van der Waals surface area contributed by atoms with Gasteiger partial charge >= 0.3 is 0 Å². The topological polar surface area (TPSA) is 50.2 Å². The summed E-state index contributed by atoms with van der Waals surface area (Å²) in [5, 5.41) is 7.48. The predicted molar refractivity (Wildman–Crippen MR) is 63.9 cm³/mol. The van der Waals surface area contributed by atoms with Crippen LogP contribution in [0.2, 0.25) is 0 Å². The highest BCUT2D eigenvalue weighted by atomic mass is 16.1. The Morgan fingerprint density at radius 2 is 2.31 bits per heavy atom. The van der Waals surface area contributed by atoms with Gasteiger partial charge in [0.25, 0.3) is 5.56 Å². The van der Waals surface area contributed by atoms with Gasteiger partial charge < -0.3 is 10.2 Å². The lowest BCUT2D eigenvalue weighted by atomic mass is 10.3. The zero-order valence-corrected chi connectivity index (χ0v) is 9.65. The largest absolute Gasteiger partial charge is 0.369 e. The molecule has 0 radical (unpaired) electrons. The highest BCUT2D eigenvalue weighted by molar-refractivity contribution is 5.42. The van der Waals surface area contributed by atoms with Crippen LogP contribution in [0.1, 0.15) is 13.3 Å². The van der Waals surface area contributed by atoms with Crippen molar-refractivity contribution in [1.82, 2.24) is 15.1 Å². The van der Waals surface area contributed by atoms with Crippen LogP contribution in [-0.2, 0) is 6.54 Å². The summed E-state index contributed by atoms with van der Waals surface area (Å²) in [4.78, 5) is 13.9. The van der Waals surface area contributed by atoms with Gasteiger partial charge in [-0.2, -0.15) is 5.10 Å². The van der Waals surface area contributed by atoms with Gasteiger partial charge in [-0.25, -0.2) is 4.68 Å². The molecule has 2 rings (SSSR count). The van der Waals surface area contributed by atoms with Crippen molar-refractivity contribution in [3.8, 4) is 0 Å². The van der Waals surface area contributed by atoms with Gasteiger partial charge in [0.1, 0.15) is 0 Å². The number of aromatic nitrogens is 2. The molecule has 0 atom stereocenters. The number of nitrogens with one attached hydrogen (secondary N) is 1. The Kier molecular flexibility index (Phi) is 3.56. The normalized spacial score (nSPS) is 17.2. The Hall–Kier alpha value is -1.36. The van der Waals surface area contributed by atoms with Crippen molar-refractivity contribution >= 4 is 5.69 Å². The molecule has 1 N–H and O–H groups in total. The van der Waals surface area contributed by atoms with E-state index in [1.807, 2.05) is 6.92 Å². The van der Waals surface area contributed by atoms with Crippen LogP contribution in [0.25, 0.3) is 0 Å². The first-order chi connectivity index (χ1) is 7.81. The smallest absolute Gasteiger partial charge is 0.268 e. The molecule has 1 saturated heterocycles. The molecule has 0 bridgehead atoms. The minimum absolute atomic E-state index is 0.0165.